The zero-order valence-electron chi connectivity index (χ0n) is 14.8. The second-order valence-electron chi connectivity index (χ2n) is 6.67. The first-order valence-corrected chi connectivity index (χ1v) is 10.7. The molecule has 1 aliphatic carbocycles. The van der Waals surface area contributed by atoms with Crippen molar-refractivity contribution in [1.82, 2.24) is 4.98 Å². The Bertz CT molecular complexity index is 826. The maximum atomic E-state index is 13.1. The Hall–Kier alpha value is -1.37. The van der Waals surface area contributed by atoms with Crippen molar-refractivity contribution >= 4 is 40.7 Å². The number of allylic oxidation sites excluding steroid dienone is 2. The largest absolute Gasteiger partial charge is 0.497 e. The molecule has 2 aliphatic heterocycles. The van der Waals surface area contributed by atoms with E-state index in [4.69, 9.17) is 37.4 Å². The molecular weight excluding hydrogens is 409 g/mol. The van der Waals surface area contributed by atoms with Gasteiger partial charge in [-0.25, -0.2) is 0 Å². The topological polar surface area (TPSA) is 57.7 Å². The Kier molecular flexibility index (Phi) is 5.32. The normalized spacial score (nSPS) is 21.0. The van der Waals surface area contributed by atoms with E-state index in [9.17, 15) is 4.79 Å². The number of thioether (sulfide) groups is 1. The number of fused-ring (bicyclic) bond motifs is 1. The lowest BCUT2D eigenvalue weighted by molar-refractivity contribution is -0.142. The number of ketones is 1. The van der Waals surface area contributed by atoms with E-state index in [-0.39, 0.29) is 12.2 Å². The standard InChI is InChI=1S/C19H19Cl2NO4S/c1-24-16-3-2-11(15(23)8-12-13(20)9-22-10-14(12)21)17-18(16)26-19(25-17)4-6-27-7-5-19/h9-10H,2-8H2,1H3. The molecule has 5 nitrogen and oxygen atoms in total. The minimum atomic E-state index is -0.679. The molecule has 2 fully saturated rings. The molecule has 27 heavy (non-hydrogen) atoms. The number of rotatable bonds is 4. The van der Waals surface area contributed by atoms with Gasteiger partial charge >= 0.3 is 0 Å². The highest BCUT2D eigenvalue weighted by molar-refractivity contribution is 7.99. The first-order chi connectivity index (χ1) is 13.0. The van der Waals surface area contributed by atoms with Crippen LogP contribution in [0.5, 0.6) is 0 Å². The molecule has 0 unspecified atom stereocenters. The van der Waals surface area contributed by atoms with Gasteiger partial charge in [0.25, 0.3) is 5.79 Å². The highest BCUT2D eigenvalue weighted by atomic mass is 35.5. The van der Waals surface area contributed by atoms with Crippen molar-refractivity contribution in [2.75, 3.05) is 18.6 Å². The van der Waals surface area contributed by atoms with Crippen LogP contribution in [0.4, 0.5) is 0 Å². The van der Waals surface area contributed by atoms with Crippen LogP contribution < -0.4 is 0 Å². The van der Waals surface area contributed by atoms with Crippen LogP contribution in [-0.4, -0.2) is 35.2 Å². The molecule has 3 aliphatic rings. The zero-order chi connectivity index (χ0) is 19.0. The van der Waals surface area contributed by atoms with Gasteiger partial charge in [0.15, 0.2) is 11.5 Å². The molecule has 1 aromatic heterocycles. The van der Waals surface area contributed by atoms with E-state index < -0.39 is 5.79 Å². The van der Waals surface area contributed by atoms with Crippen LogP contribution in [0.15, 0.2) is 35.2 Å². The maximum Gasteiger partial charge on any atom is 0.253 e. The molecule has 0 saturated carbocycles. The lowest BCUT2D eigenvalue weighted by atomic mass is 9.94. The number of carbonyl (C=O) groups excluding carboxylic acids is 1. The number of halogens is 2. The van der Waals surface area contributed by atoms with Crippen molar-refractivity contribution in [2.45, 2.75) is 37.9 Å². The van der Waals surface area contributed by atoms with Crippen molar-refractivity contribution in [3.8, 4) is 0 Å². The highest BCUT2D eigenvalue weighted by Gasteiger charge is 2.48. The van der Waals surface area contributed by atoms with Crippen LogP contribution in [0.3, 0.4) is 0 Å². The summed E-state index contributed by atoms with van der Waals surface area (Å²) < 4.78 is 18.0. The first-order valence-electron chi connectivity index (χ1n) is 8.80. The van der Waals surface area contributed by atoms with E-state index >= 15 is 0 Å². The van der Waals surface area contributed by atoms with Crippen LogP contribution in [-0.2, 0) is 25.4 Å². The van der Waals surface area contributed by atoms with Gasteiger partial charge in [0.05, 0.1) is 17.2 Å². The summed E-state index contributed by atoms with van der Waals surface area (Å²) in [5.74, 6) is 3.02. The Morgan fingerprint density at radius 1 is 1.19 bits per heavy atom. The zero-order valence-corrected chi connectivity index (χ0v) is 17.2. The number of aromatic nitrogens is 1. The summed E-state index contributed by atoms with van der Waals surface area (Å²) in [4.78, 5) is 17.0. The molecule has 1 spiro atoms. The highest BCUT2D eigenvalue weighted by Crippen LogP contribution is 2.48. The Morgan fingerprint density at radius 2 is 1.85 bits per heavy atom. The van der Waals surface area contributed by atoms with Crippen LogP contribution >= 0.6 is 35.0 Å². The van der Waals surface area contributed by atoms with E-state index in [1.165, 1.54) is 12.4 Å². The molecule has 0 aromatic carbocycles. The van der Waals surface area contributed by atoms with Gasteiger partial charge < -0.3 is 14.2 Å². The van der Waals surface area contributed by atoms with Crippen LogP contribution in [0.2, 0.25) is 10.0 Å². The van der Waals surface area contributed by atoms with Gasteiger partial charge in [0.1, 0.15) is 5.76 Å². The van der Waals surface area contributed by atoms with Crippen LogP contribution in [0, 0.1) is 0 Å². The number of ether oxygens (including phenoxy) is 3. The lowest BCUT2D eigenvalue weighted by Crippen LogP contribution is -2.34. The van der Waals surface area contributed by atoms with Gasteiger partial charge in [0, 0.05) is 60.7 Å². The summed E-state index contributed by atoms with van der Waals surface area (Å²) in [6, 6.07) is 0. The first kappa shape index (κ1) is 19.0. The molecule has 0 amide bonds. The maximum absolute atomic E-state index is 13.1. The van der Waals surface area contributed by atoms with Gasteiger partial charge in [-0.3, -0.25) is 9.78 Å². The summed E-state index contributed by atoms with van der Waals surface area (Å²) in [6.07, 6.45) is 5.79. The number of carbonyl (C=O) groups is 1. The number of methoxy groups -OCH3 is 1. The van der Waals surface area contributed by atoms with E-state index in [0.29, 0.717) is 45.5 Å². The lowest BCUT2D eigenvalue weighted by Gasteiger charge is -2.30. The fourth-order valence-electron chi connectivity index (χ4n) is 3.55. The molecule has 0 bridgehead atoms. The summed E-state index contributed by atoms with van der Waals surface area (Å²) >= 11 is 14.2. The van der Waals surface area contributed by atoms with Gasteiger partial charge in [-0.05, 0) is 6.42 Å². The molecule has 0 radical (unpaired) electrons. The van der Waals surface area contributed by atoms with Crippen LogP contribution in [0.25, 0.3) is 0 Å². The molecular formula is C19H19Cl2NO4S. The third-order valence-electron chi connectivity index (χ3n) is 5.04. The summed E-state index contributed by atoms with van der Waals surface area (Å²) in [5, 5.41) is 0.768. The Balaban J connectivity index is 1.68. The smallest absolute Gasteiger partial charge is 0.253 e. The van der Waals surface area contributed by atoms with E-state index in [0.717, 1.165) is 30.1 Å². The molecule has 4 rings (SSSR count). The quantitative estimate of drug-likeness (QED) is 0.695. The Labute approximate surface area is 172 Å². The molecule has 0 N–H and O–H groups in total. The molecule has 1 aromatic rings. The molecule has 0 atom stereocenters. The predicted octanol–water partition coefficient (Wildman–Crippen LogP) is 4.68. The summed E-state index contributed by atoms with van der Waals surface area (Å²) in [5.41, 5.74) is 1.20. The monoisotopic (exact) mass is 427 g/mol. The number of hydrogen-bond acceptors (Lipinski definition) is 6. The number of pyridine rings is 1. The average Bonchev–Trinajstić information content (AvgIpc) is 3.02. The third kappa shape index (κ3) is 3.55. The average molecular weight is 428 g/mol. The molecule has 8 heteroatoms. The second-order valence-corrected chi connectivity index (χ2v) is 8.71. The van der Waals surface area contributed by atoms with E-state index in [2.05, 4.69) is 4.98 Å². The SMILES string of the molecule is COC1=C2OC3(CCSCC3)OC2=C(C(=O)Cc2c(Cl)cncc2Cl)CC1. The second kappa shape index (κ2) is 7.57. The third-order valence-corrected chi connectivity index (χ3v) is 6.68. The molecule has 3 heterocycles. The van der Waals surface area contributed by atoms with Crippen molar-refractivity contribution in [3.63, 3.8) is 0 Å². The number of hydrogen-bond donors (Lipinski definition) is 0. The summed E-state index contributed by atoms with van der Waals surface area (Å²) in [6.45, 7) is 0. The van der Waals surface area contributed by atoms with Gasteiger partial charge in [0.2, 0.25) is 5.76 Å². The predicted molar refractivity (Wildman–Crippen MR) is 105 cm³/mol. The van der Waals surface area contributed by atoms with Crippen molar-refractivity contribution in [2.24, 2.45) is 0 Å². The molecule has 2 saturated heterocycles. The summed E-state index contributed by atoms with van der Waals surface area (Å²) in [7, 11) is 1.62. The minimum absolute atomic E-state index is 0.0708. The Morgan fingerprint density at radius 3 is 2.52 bits per heavy atom. The minimum Gasteiger partial charge on any atom is -0.497 e. The fourth-order valence-corrected chi connectivity index (χ4v) is 5.17. The van der Waals surface area contributed by atoms with Crippen LogP contribution in [0.1, 0.15) is 31.2 Å². The van der Waals surface area contributed by atoms with E-state index in [1.807, 2.05) is 11.8 Å². The van der Waals surface area contributed by atoms with Crippen molar-refractivity contribution in [3.05, 3.63) is 50.9 Å². The van der Waals surface area contributed by atoms with Crippen molar-refractivity contribution in [1.29, 1.82) is 0 Å². The fraction of sp³-hybridized carbons (Fsp3) is 0.474. The van der Waals surface area contributed by atoms with Crippen molar-refractivity contribution < 1.29 is 19.0 Å². The number of nitrogens with zero attached hydrogens (tertiary/aromatic N) is 1. The molecule has 144 valence electrons. The van der Waals surface area contributed by atoms with Gasteiger partial charge in [-0.2, -0.15) is 11.8 Å². The van der Waals surface area contributed by atoms with Gasteiger partial charge in [-0.15, -0.1) is 0 Å². The van der Waals surface area contributed by atoms with Gasteiger partial charge in [-0.1, -0.05) is 23.2 Å². The number of Topliss-reactive ketones (excluding diaryl/α,β-unsaturated/α-hetero) is 1. The van der Waals surface area contributed by atoms with E-state index in [1.54, 1.807) is 7.11 Å².